The van der Waals surface area contributed by atoms with E-state index in [0.717, 1.165) is 29.5 Å². The highest BCUT2D eigenvalue weighted by atomic mass is 79.9. The Kier molecular flexibility index (Phi) is 7.24. The van der Waals surface area contributed by atoms with E-state index in [1.165, 1.54) is 11.1 Å². The molecule has 1 heterocycles. The van der Waals surface area contributed by atoms with Crippen LogP contribution in [0, 0.1) is 0 Å². The zero-order valence-electron chi connectivity index (χ0n) is 14.5. The average Bonchev–Trinajstić information content (AvgIpc) is 2.61. The van der Waals surface area contributed by atoms with E-state index in [9.17, 15) is 21.6 Å². The highest BCUT2D eigenvalue weighted by Gasteiger charge is 2.38. The van der Waals surface area contributed by atoms with Gasteiger partial charge in [-0.3, -0.25) is 0 Å². The van der Waals surface area contributed by atoms with Crippen molar-refractivity contribution in [3.63, 3.8) is 0 Å². The maximum Gasteiger partial charge on any atom is 0.490 e. The van der Waals surface area contributed by atoms with Crippen molar-refractivity contribution in [2.45, 2.75) is 29.8 Å². The minimum absolute atomic E-state index is 0.0621. The molecule has 152 valence electrons. The van der Waals surface area contributed by atoms with E-state index in [0.29, 0.717) is 4.90 Å². The summed E-state index contributed by atoms with van der Waals surface area (Å²) in [4.78, 5) is 9.26. The van der Waals surface area contributed by atoms with Crippen molar-refractivity contribution in [2.75, 3.05) is 6.54 Å². The maximum absolute atomic E-state index is 12.6. The Bertz CT molecular complexity index is 962. The van der Waals surface area contributed by atoms with Crippen LogP contribution < -0.4 is 5.32 Å². The first-order valence-electron chi connectivity index (χ1n) is 8.09. The number of hydrogen-bond donors (Lipinski definition) is 2. The van der Waals surface area contributed by atoms with E-state index in [2.05, 4.69) is 27.3 Å². The lowest BCUT2D eigenvalue weighted by atomic mass is 9.96. The number of hydrogen-bond acceptors (Lipinski definition) is 4. The van der Waals surface area contributed by atoms with Crippen LogP contribution in [0.5, 0.6) is 0 Å². The van der Waals surface area contributed by atoms with Crippen LogP contribution in [0.1, 0.15) is 16.7 Å². The van der Waals surface area contributed by atoms with Gasteiger partial charge in [0.05, 0.1) is 10.6 Å². The van der Waals surface area contributed by atoms with Crippen molar-refractivity contribution < 1.29 is 31.5 Å². The van der Waals surface area contributed by atoms with Crippen LogP contribution in [0.4, 0.5) is 13.2 Å². The van der Waals surface area contributed by atoms with Gasteiger partial charge < -0.3 is 10.4 Å². The molecule has 10 heteroatoms. The second-order valence-electron chi connectivity index (χ2n) is 6.00. The lowest BCUT2D eigenvalue weighted by molar-refractivity contribution is -0.192. The molecule has 2 N–H and O–H groups in total. The molecule has 1 aliphatic heterocycles. The highest BCUT2D eigenvalue weighted by Crippen LogP contribution is 2.25. The molecule has 0 saturated carbocycles. The molecule has 3 rings (SSSR count). The van der Waals surface area contributed by atoms with Gasteiger partial charge in [-0.1, -0.05) is 40.2 Å². The zero-order chi connectivity index (χ0) is 20.9. The standard InChI is InChI=1S/C16H16BrNO2S.C2HF3O2/c17-14-5-2-6-15(9-14)21(19,20)11-13-4-1-3-12-10-18-8-7-16(12)13;3-2(4,5)1(6)7/h1-6,9,18H,7-8,10-11H2;(H,6,7). The lowest BCUT2D eigenvalue weighted by Gasteiger charge is -2.20. The van der Waals surface area contributed by atoms with Crippen molar-refractivity contribution in [3.8, 4) is 0 Å². The van der Waals surface area contributed by atoms with Gasteiger partial charge >= 0.3 is 12.1 Å². The molecular formula is C18H17BrF3NO4S. The number of halogens is 4. The molecule has 5 nitrogen and oxygen atoms in total. The Labute approximate surface area is 168 Å². The average molecular weight is 480 g/mol. The van der Waals surface area contributed by atoms with Gasteiger partial charge in [0, 0.05) is 11.0 Å². The minimum Gasteiger partial charge on any atom is -0.475 e. The van der Waals surface area contributed by atoms with Gasteiger partial charge in [-0.05, 0) is 47.9 Å². The number of carboxylic acids is 1. The molecule has 0 aliphatic carbocycles. The Morgan fingerprint density at radius 1 is 1.18 bits per heavy atom. The topological polar surface area (TPSA) is 83.5 Å². The van der Waals surface area contributed by atoms with Gasteiger partial charge in [-0.15, -0.1) is 0 Å². The number of carbonyl (C=O) groups is 1. The van der Waals surface area contributed by atoms with E-state index in [1.54, 1.807) is 18.2 Å². The maximum atomic E-state index is 12.6. The minimum atomic E-state index is -5.08. The first-order chi connectivity index (χ1) is 13.0. The number of carboxylic acid groups (broad SMARTS) is 1. The molecule has 0 amide bonds. The van der Waals surface area contributed by atoms with E-state index in [1.807, 2.05) is 18.2 Å². The van der Waals surface area contributed by atoms with Gasteiger partial charge in [-0.2, -0.15) is 13.2 Å². The Hall–Kier alpha value is -1.91. The van der Waals surface area contributed by atoms with Crippen LogP contribution in [0.15, 0.2) is 51.8 Å². The summed E-state index contributed by atoms with van der Waals surface area (Å²) < 4.78 is 57.7. The predicted octanol–water partition coefficient (Wildman–Crippen LogP) is 3.70. The quantitative estimate of drug-likeness (QED) is 0.700. The Balaban J connectivity index is 0.000000345. The summed E-state index contributed by atoms with van der Waals surface area (Å²) in [5.74, 6) is -2.69. The smallest absolute Gasteiger partial charge is 0.475 e. The highest BCUT2D eigenvalue weighted by molar-refractivity contribution is 9.10. The molecule has 0 aromatic heterocycles. The molecule has 0 spiro atoms. The number of rotatable bonds is 3. The van der Waals surface area contributed by atoms with Crippen LogP contribution in [-0.4, -0.2) is 32.2 Å². The fourth-order valence-corrected chi connectivity index (χ4v) is 4.68. The van der Waals surface area contributed by atoms with E-state index in [-0.39, 0.29) is 5.75 Å². The Morgan fingerprint density at radius 2 is 1.82 bits per heavy atom. The molecular weight excluding hydrogens is 463 g/mol. The monoisotopic (exact) mass is 479 g/mol. The Morgan fingerprint density at radius 3 is 2.43 bits per heavy atom. The molecule has 0 fully saturated rings. The molecule has 1 aliphatic rings. The van der Waals surface area contributed by atoms with E-state index in [4.69, 9.17) is 9.90 Å². The molecule has 0 unspecified atom stereocenters. The summed E-state index contributed by atoms with van der Waals surface area (Å²) in [6.45, 7) is 1.72. The van der Waals surface area contributed by atoms with E-state index < -0.39 is 22.0 Å². The largest absolute Gasteiger partial charge is 0.490 e. The summed E-state index contributed by atoms with van der Waals surface area (Å²) in [5.41, 5.74) is 3.33. The molecule has 2 aromatic rings. The van der Waals surface area contributed by atoms with Gasteiger partial charge in [-0.25, -0.2) is 13.2 Å². The molecule has 0 saturated heterocycles. The summed E-state index contributed by atoms with van der Waals surface area (Å²) >= 11 is 3.33. The van der Waals surface area contributed by atoms with Crippen LogP contribution in [-0.2, 0) is 33.4 Å². The van der Waals surface area contributed by atoms with Crippen molar-refractivity contribution in [1.82, 2.24) is 5.32 Å². The number of alkyl halides is 3. The predicted molar refractivity (Wildman–Crippen MR) is 101 cm³/mol. The van der Waals surface area contributed by atoms with Gasteiger partial charge in [0.25, 0.3) is 0 Å². The fourth-order valence-electron chi connectivity index (χ4n) is 2.69. The molecule has 2 aromatic carbocycles. The lowest BCUT2D eigenvalue weighted by Crippen LogP contribution is -2.25. The van der Waals surface area contributed by atoms with Gasteiger partial charge in [0.2, 0.25) is 0 Å². The first kappa shape index (κ1) is 22.4. The van der Waals surface area contributed by atoms with Gasteiger partial charge in [0.1, 0.15) is 0 Å². The second-order valence-corrected chi connectivity index (χ2v) is 8.91. The zero-order valence-corrected chi connectivity index (χ0v) is 16.9. The third-order valence-corrected chi connectivity index (χ3v) is 6.14. The summed E-state index contributed by atoms with van der Waals surface area (Å²) in [7, 11) is -3.32. The van der Waals surface area contributed by atoms with Crippen LogP contribution >= 0.6 is 15.9 Å². The first-order valence-corrected chi connectivity index (χ1v) is 10.5. The molecule has 0 bridgehead atoms. The molecule has 0 radical (unpaired) electrons. The third-order valence-electron chi connectivity index (χ3n) is 3.98. The van der Waals surface area contributed by atoms with Crippen LogP contribution in [0.25, 0.3) is 0 Å². The van der Waals surface area contributed by atoms with Crippen molar-refractivity contribution in [2.24, 2.45) is 0 Å². The number of benzene rings is 2. The van der Waals surface area contributed by atoms with Crippen molar-refractivity contribution in [1.29, 1.82) is 0 Å². The number of aliphatic carboxylic acids is 1. The van der Waals surface area contributed by atoms with Crippen LogP contribution in [0.3, 0.4) is 0 Å². The summed E-state index contributed by atoms with van der Waals surface area (Å²) in [6.07, 6.45) is -4.19. The SMILES string of the molecule is O=C(O)C(F)(F)F.O=S(=O)(Cc1cccc2c1CCNC2)c1cccc(Br)c1. The van der Waals surface area contributed by atoms with Gasteiger partial charge in [0.15, 0.2) is 9.84 Å². The fraction of sp³-hybridized carbons (Fsp3) is 0.278. The normalized spacial score (nSPS) is 13.9. The molecule has 28 heavy (non-hydrogen) atoms. The van der Waals surface area contributed by atoms with Crippen molar-refractivity contribution in [3.05, 3.63) is 63.6 Å². The second kappa shape index (κ2) is 9.06. The summed E-state index contributed by atoms with van der Waals surface area (Å²) in [6, 6.07) is 12.8. The number of nitrogens with one attached hydrogen (secondary N) is 1. The number of sulfone groups is 1. The van der Waals surface area contributed by atoms with Crippen LogP contribution in [0.2, 0.25) is 0 Å². The summed E-state index contributed by atoms with van der Waals surface area (Å²) in [5, 5.41) is 10.4. The van der Waals surface area contributed by atoms with E-state index >= 15 is 0 Å². The number of fused-ring (bicyclic) bond motifs is 1. The van der Waals surface area contributed by atoms with Crippen molar-refractivity contribution >= 4 is 31.7 Å². The third kappa shape index (κ3) is 6.05. The molecule has 0 atom stereocenters.